The quantitative estimate of drug-likeness (QED) is 0.823. The third kappa shape index (κ3) is 2.18. The SMILES string of the molecule is NCc1ccc(C(=O)N2CCCC3C(=O)NCC32)cc1. The Labute approximate surface area is 118 Å². The van der Waals surface area contributed by atoms with Crippen LogP contribution < -0.4 is 11.1 Å². The normalized spacial score (nSPS) is 25.2. The summed E-state index contributed by atoms with van der Waals surface area (Å²) in [5.74, 6) is 0.0711. The molecule has 106 valence electrons. The van der Waals surface area contributed by atoms with Gasteiger partial charge in [0.15, 0.2) is 0 Å². The maximum absolute atomic E-state index is 12.6. The molecular weight excluding hydrogens is 254 g/mol. The van der Waals surface area contributed by atoms with Gasteiger partial charge in [0.1, 0.15) is 0 Å². The highest BCUT2D eigenvalue weighted by atomic mass is 16.2. The lowest BCUT2D eigenvalue weighted by Gasteiger charge is -2.36. The molecule has 0 aromatic heterocycles. The molecule has 1 aromatic carbocycles. The number of hydrogen-bond acceptors (Lipinski definition) is 3. The molecule has 5 nitrogen and oxygen atoms in total. The smallest absolute Gasteiger partial charge is 0.254 e. The second kappa shape index (κ2) is 5.25. The second-order valence-electron chi connectivity index (χ2n) is 5.46. The molecule has 20 heavy (non-hydrogen) atoms. The van der Waals surface area contributed by atoms with Crippen LogP contribution in [0.1, 0.15) is 28.8 Å². The Morgan fingerprint density at radius 1 is 1.35 bits per heavy atom. The van der Waals surface area contributed by atoms with Gasteiger partial charge in [0, 0.05) is 25.2 Å². The number of likely N-dealkylation sites (tertiary alicyclic amines) is 1. The molecule has 0 aliphatic carbocycles. The van der Waals surface area contributed by atoms with Crippen LogP contribution in [0.2, 0.25) is 0 Å². The zero-order valence-corrected chi connectivity index (χ0v) is 11.3. The Bertz CT molecular complexity index is 526. The van der Waals surface area contributed by atoms with E-state index in [1.807, 2.05) is 29.2 Å². The summed E-state index contributed by atoms with van der Waals surface area (Å²) in [6.45, 7) is 1.78. The number of amides is 2. The maximum Gasteiger partial charge on any atom is 0.254 e. The van der Waals surface area contributed by atoms with Crippen molar-refractivity contribution in [1.29, 1.82) is 0 Å². The number of nitrogens with zero attached hydrogens (tertiary/aromatic N) is 1. The summed E-state index contributed by atoms with van der Waals surface area (Å²) in [7, 11) is 0. The molecule has 0 spiro atoms. The zero-order chi connectivity index (χ0) is 14.1. The third-order valence-electron chi connectivity index (χ3n) is 4.30. The molecular formula is C15H19N3O2. The Hall–Kier alpha value is -1.88. The first-order valence-corrected chi connectivity index (χ1v) is 7.08. The minimum absolute atomic E-state index is 0.0120. The molecule has 2 aliphatic rings. The highest BCUT2D eigenvalue weighted by molar-refractivity contribution is 5.95. The van der Waals surface area contributed by atoms with Gasteiger partial charge in [-0.3, -0.25) is 9.59 Å². The summed E-state index contributed by atoms with van der Waals surface area (Å²) < 4.78 is 0. The van der Waals surface area contributed by atoms with E-state index in [-0.39, 0.29) is 23.8 Å². The van der Waals surface area contributed by atoms with Crippen molar-refractivity contribution in [3.63, 3.8) is 0 Å². The minimum Gasteiger partial charge on any atom is -0.354 e. The molecule has 2 aliphatic heterocycles. The summed E-state index contributed by atoms with van der Waals surface area (Å²) in [6, 6.07) is 7.41. The van der Waals surface area contributed by atoms with Gasteiger partial charge in [0.25, 0.3) is 5.91 Å². The van der Waals surface area contributed by atoms with Crippen LogP contribution in [0.3, 0.4) is 0 Å². The van der Waals surface area contributed by atoms with Gasteiger partial charge in [0.2, 0.25) is 5.91 Å². The number of fused-ring (bicyclic) bond motifs is 1. The predicted molar refractivity (Wildman–Crippen MR) is 74.9 cm³/mol. The van der Waals surface area contributed by atoms with Crippen molar-refractivity contribution in [1.82, 2.24) is 10.2 Å². The fourth-order valence-electron chi connectivity index (χ4n) is 3.15. The van der Waals surface area contributed by atoms with Gasteiger partial charge in [-0.25, -0.2) is 0 Å². The monoisotopic (exact) mass is 273 g/mol. The van der Waals surface area contributed by atoms with Crippen LogP contribution >= 0.6 is 0 Å². The Morgan fingerprint density at radius 2 is 2.10 bits per heavy atom. The van der Waals surface area contributed by atoms with E-state index in [4.69, 9.17) is 5.73 Å². The summed E-state index contributed by atoms with van der Waals surface area (Å²) in [5, 5.41) is 2.87. The van der Waals surface area contributed by atoms with Crippen molar-refractivity contribution in [2.45, 2.75) is 25.4 Å². The van der Waals surface area contributed by atoms with Gasteiger partial charge in [-0.1, -0.05) is 12.1 Å². The second-order valence-corrected chi connectivity index (χ2v) is 5.46. The van der Waals surface area contributed by atoms with E-state index in [9.17, 15) is 9.59 Å². The number of hydrogen-bond donors (Lipinski definition) is 2. The molecule has 0 saturated carbocycles. The van der Waals surface area contributed by atoms with Crippen molar-refractivity contribution in [3.8, 4) is 0 Å². The number of piperidine rings is 1. The molecule has 0 radical (unpaired) electrons. The first kappa shape index (κ1) is 13.1. The lowest BCUT2D eigenvalue weighted by atomic mass is 9.91. The zero-order valence-electron chi connectivity index (χ0n) is 11.3. The van der Waals surface area contributed by atoms with Crippen LogP contribution in [-0.2, 0) is 11.3 Å². The van der Waals surface area contributed by atoms with Crippen LogP contribution in [-0.4, -0.2) is 35.8 Å². The number of nitrogens with two attached hydrogens (primary N) is 1. The molecule has 2 fully saturated rings. The first-order valence-electron chi connectivity index (χ1n) is 7.08. The van der Waals surface area contributed by atoms with E-state index in [0.29, 0.717) is 18.7 Å². The molecule has 3 N–H and O–H groups in total. The minimum atomic E-state index is -0.0315. The molecule has 2 heterocycles. The molecule has 5 heteroatoms. The standard InChI is InChI=1S/C15H19N3O2/c16-8-10-3-5-11(6-4-10)15(20)18-7-1-2-12-13(18)9-17-14(12)19/h3-6,12-13H,1-2,7-9,16H2,(H,17,19). The largest absolute Gasteiger partial charge is 0.354 e. The lowest BCUT2D eigenvalue weighted by molar-refractivity contribution is -0.123. The third-order valence-corrected chi connectivity index (χ3v) is 4.30. The Kier molecular flexibility index (Phi) is 3.44. The van der Waals surface area contributed by atoms with Crippen LogP contribution in [0.4, 0.5) is 0 Å². The van der Waals surface area contributed by atoms with E-state index in [0.717, 1.165) is 24.9 Å². The van der Waals surface area contributed by atoms with Crippen molar-refractivity contribution in [2.75, 3.05) is 13.1 Å². The topological polar surface area (TPSA) is 75.4 Å². The molecule has 0 bridgehead atoms. The van der Waals surface area contributed by atoms with E-state index in [2.05, 4.69) is 5.32 Å². The van der Waals surface area contributed by atoms with Crippen molar-refractivity contribution >= 4 is 11.8 Å². The first-order chi connectivity index (χ1) is 9.70. The highest BCUT2D eigenvalue weighted by Gasteiger charge is 2.42. The van der Waals surface area contributed by atoms with Crippen LogP contribution in [0.15, 0.2) is 24.3 Å². The Morgan fingerprint density at radius 3 is 2.80 bits per heavy atom. The molecule has 2 amide bonds. The van der Waals surface area contributed by atoms with E-state index < -0.39 is 0 Å². The lowest BCUT2D eigenvalue weighted by Crippen LogP contribution is -2.48. The molecule has 2 unspecified atom stereocenters. The van der Waals surface area contributed by atoms with Gasteiger partial charge < -0.3 is 16.0 Å². The number of nitrogens with one attached hydrogen (secondary N) is 1. The van der Waals surface area contributed by atoms with E-state index >= 15 is 0 Å². The van der Waals surface area contributed by atoms with Crippen molar-refractivity contribution in [2.24, 2.45) is 11.7 Å². The molecule has 3 rings (SSSR count). The number of carbonyl (C=O) groups excluding carboxylic acids is 2. The molecule has 2 atom stereocenters. The highest BCUT2D eigenvalue weighted by Crippen LogP contribution is 2.28. The number of benzene rings is 1. The summed E-state index contributed by atoms with van der Waals surface area (Å²) in [4.78, 5) is 26.2. The summed E-state index contributed by atoms with van der Waals surface area (Å²) in [5.41, 5.74) is 7.24. The number of rotatable bonds is 2. The van der Waals surface area contributed by atoms with Gasteiger partial charge in [-0.2, -0.15) is 0 Å². The Balaban J connectivity index is 1.80. The van der Waals surface area contributed by atoms with Crippen LogP contribution in [0, 0.1) is 5.92 Å². The fourth-order valence-corrected chi connectivity index (χ4v) is 3.15. The van der Waals surface area contributed by atoms with Gasteiger partial charge in [-0.15, -0.1) is 0 Å². The maximum atomic E-state index is 12.6. The van der Waals surface area contributed by atoms with Crippen LogP contribution in [0.5, 0.6) is 0 Å². The summed E-state index contributed by atoms with van der Waals surface area (Å²) in [6.07, 6.45) is 1.77. The average molecular weight is 273 g/mol. The van der Waals surface area contributed by atoms with Gasteiger partial charge in [-0.05, 0) is 30.5 Å². The molecule has 2 saturated heterocycles. The fraction of sp³-hybridized carbons (Fsp3) is 0.467. The van der Waals surface area contributed by atoms with Gasteiger partial charge >= 0.3 is 0 Å². The number of carbonyl (C=O) groups is 2. The van der Waals surface area contributed by atoms with Crippen molar-refractivity contribution < 1.29 is 9.59 Å². The van der Waals surface area contributed by atoms with Gasteiger partial charge in [0.05, 0.1) is 12.0 Å². The van der Waals surface area contributed by atoms with E-state index in [1.54, 1.807) is 0 Å². The van der Waals surface area contributed by atoms with Crippen LogP contribution in [0.25, 0.3) is 0 Å². The predicted octanol–water partition coefficient (Wildman–Crippen LogP) is 0.496. The average Bonchev–Trinajstić information content (AvgIpc) is 2.88. The summed E-state index contributed by atoms with van der Waals surface area (Å²) >= 11 is 0. The van der Waals surface area contributed by atoms with E-state index in [1.165, 1.54) is 0 Å². The molecule has 1 aromatic rings. The van der Waals surface area contributed by atoms with Crippen molar-refractivity contribution in [3.05, 3.63) is 35.4 Å².